The molecule has 0 aliphatic carbocycles. The van der Waals surface area contributed by atoms with Gasteiger partial charge in [-0.2, -0.15) is 0 Å². The normalized spacial score (nSPS) is 12.6. The Morgan fingerprint density at radius 3 is 2.67 bits per heavy atom. The van der Waals surface area contributed by atoms with Gasteiger partial charge in [-0.05, 0) is 31.2 Å². The standard InChI is InChI=1S/C18H26N2O/c1-4-6-11-20(14(3)5-2)18-17-10-8-7-9-15(17)12-16(13-21)19-18/h7-10,12,14,21H,4-6,11,13H2,1-3H3. The Bertz CT molecular complexity index is 582. The van der Waals surface area contributed by atoms with Crippen molar-refractivity contribution in [3.05, 3.63) is 36.0 Å². The van der Waals surface area contributed by atoms with Gasteiger partial charge >= 0.3 is 0 Å². The first-order chi connectivity index (χ1) is 10.2. The lowest BCUT2D eigenvalue weighted by molar-refractivity contribution is 0.277. The Balaban J connectivity index is 2.53. The average Bonchev–Trinajstić information content (AvgIpc) is 2.54. The maximum absolute atomic E-state index is 9.49. The van der Waals surface area contributed by atoms with Crippen LogP contribution in [0.25, 0.3) is 10.8 Å². The maximum Gasteiger partial charge on any atom is 0.137 e. The van der Waals surface area contributed by atoms with Crippen LogP contribution in [0.2, 0.25) is 0 Å². The van der Waals surface area contributed by atoms with Crippen molar-refractivity contribution in [1.29, 1.82) is 0 Å². The van der Waals surface area contributed by atoms with E-state index in [9.17, 15) is 5.11 Å². The van der Waals surface area contributed by atoms with Crippen LogP contribution in [-0.2, 0) is 6.61 Å². The molecule has 1 aromatic carbocycles. The summed E-state index contributed by atoms with van der Waals surface area (Å²) in [6.07, 6.45) is 3.41. The molecule has 0 radical (unpaired) electrons. The lowest BCUT2D eigenvalue weighted by atomic mass is 10.1. The first-order valence-corrected chi connectivity index (χ1v) is 7.97. The molecule has 3 heteroatoms. The van der Waals surface area contributed by atoms with Gasteiger partial charge in [0.2, 0.25) is 0 Å². The van der Waals surface area contributed by atoms with E-state index in [1.54, 1.807) is 0 Å². The van der Waals surface area contributed by atoms with Crippen LogP contribution in [0.4, 0.5) is 5.82 Å². The molecule has 0 aliphatic rings. The highest BCUT2D eigenvalue weighted by Crippen LogP contribution is 2.28. The highest BCUT2D eigenvalue weighted by molar-refractivity contribution is 5.92. The zero-order valence-corrected chi connectivity index (χ0v) is 13.3. The quantitative estimate of drug-likeness (QED) is 0.831. The van der Waals surface area contributed by atoms with Gasteiger partial charge in [0.05, 0.1) is 12.3 Å². The number of hydrogen-bond acceptors (Lipinski definition) is 3. The van der Waals surface area contributed by atoms with Gasteiger partial charge in [-0.1, -0.05) is 44.5 Å². The number of hydrogen-bond donors (Lipinski definition) is 1. The van der Waals surface area contributed by atoms with Crippen molar-refractivity contribution in [2.45, 2.75) is 52.7 Å². The molecule has 0 saturated carbocycles. The lowest BCUT2D eigenvalue weighted by Crippen LogP contribution is -2.34. The van der Waals surface area contributed by atoms with Gasteiger partial charge in [0, 0.05) is 18.0 Å². The highest BCUT2D eigenvalue weighted by atomic mass is 16.3. The molecular formula is C18H26N2O. The maximum atomic E-state index is 9.49. The smallest absolute Gasteiger partial charge is 0.137 e. The third kappa shape index (κ3) is 3.53. The molecule has 0 spiro atoms. The number of aliphatic hydroxyl groups is 1. The largest absolute Gasteiger partial charge is 0.390 e. The SMILES string of the molecule is CCCCN(c1nc(CO)cc2ccccc12)C(C)CC. The van der Waals surface area contributed by atoms with Crippen LogP contribution in [0, 0.1) is 0 Å². The summed E-state index contributed by atoms with van der Waals surface area (Å²) in [7, 11) is 0. The molecule has 2 aromatic rings. The van der Waals surface area contributed by atoms with Crippen LogP contribution < -0.4 is 4.90 Å². The minimum atomic E-state index is -0.0139. The van der Waals surface area contributed by atoms with Crippen molar-refractivity contribution >= 4 is 16.6 Å². The second-order valence-corrected chi connectivity index (χ2v) is 5.62. The summed E-state index contributed by atoms with van der Waals surface area (Å²) < 4.78 is 0. The third-order valence-corrected chi connectivity index (χ3v) is 4.08. The topological polar surface area (TPSA) is 36.4 Å². The summed E-state index contributed by atoms with van der Waals surface area (Å²) in [6.45, 7) is 7.67. The number of aliphatic hydroxyl groups excluding tert-OH is 1. The van der Waals surface area contributed by atoms with Gasteiger partial charge in [0.25, 0.3) is 0 Å². The minimum absolute atomic E-state index is 0.0139. The summed E-state index contributed by atoms with van der Waals surface area (Å²) >= 11 is 0. The fourth-order valence-corrected chi connectivity index (χ4v) is 2.62. The second kappa shape index (κ2) is 7.41. The second-order valence-electron chi connectivity index (χ2n) is 5.62. The Kier molecular flexibility index (Phi) is 5.57. The zero-order chi connectivity index (χ0) is 15.2. The number of fused-ring (bicyclic) bond motifs is 1. The van der Waals surface area contributed by atoms with Crippen molar-refractivity contribution in [1.82, 2.24) is 4.98 Å². The van der Waals surface area contributed by atoms with E-state index in [1.807, 2.05) is 12.1 Å². The van der Waals surface area contributed by atoms with Gasteiger partial charge in [0.15, 0.2) is 0 Å². The monoisotopic (exact) mass is 286 g/mol. The number of benzene rings is 1. The van der Waals surface area contributed by atoms with Gasteiger partial charge < -0.3 is 10.0 Å². The Labute approximate surface area is 127 Å². The van der Waals surface area contributed by atoms with Gasteiger partial charge in [-0.15, -0.1) is 0 Å². The van der Waals surface area contributed by atoms with Gasteiger partial charge in [0.1, 0.15) is 5.82 Å². The highest BCUT2D eigenvalue weighted by Gasteiger charge is 2.17. The zero-order valence-electron chi connectivity index (χ0n) is 13.3. The Morgan fingerprint density at radius 2 is 2.00 bits per heavy atom. The molecule has 0 aliphatic heterocycles. The number of rotatable bonds is 7. The summed E-state index contributed by atoms with van der Waals surface area (Å²) in [4.78, 5) is 7.11. The molecule has 2 rings (SSSR count). The van der Waals surface area contributed by atoms with Crippen molar-refractivity contribution in [3.63, 3.8) is 0 Å². The fourth-order valence-electron chi connectivity index (χ4n) is 2.62. The number of anilines is 1. The molecule has 0 amide bonds. The number of unbranched alkanes of at least 4 members (excludes halogenated alkanes) is 1. The predicted octanol–water partition coefficient (Wildman–Crippen LogP) is 4.13. The van der Waals surface area contributed by atoms with Crippen LogP contribution in [-0.4, -0.2) is 22.7 Å². The summed E-state index contributed by atoms with van der Waals surface area (Å²) in [5.74, 6) is 1.01. The van der Waals surface area contributed by atoms with E-state index in [0.717, 1.165) is 36.3 Å². The predicted molar refractivity (Wildman–Crippen MR) is 89.7 cm³/mol. The molecule has 1 N–H and O–H groups in total. The Morgan fingerprint density at radius 1 is 1.24 bits per heavy atom. The average molecular weight is 286 g/mol. The van der Waals surface area contributed by atoms with E-state index in [2.05, 4.69) is 43.9 Å². The lowest BCUT2D eigenvalue weighted by Gasteiger charge is -2.31. The van der Waals surface area contributed by atoms with E-state index in [-0.39, 0.29) is 6.61 Å². The molecule has 1 heterocycles. The van der Waals surface area contributed by atoms with Crippen LogP contribution in [0.15, 0.2) is 30.3 Å². The Hall–Kier alpha value is -1.61. The molecule has 0 fully saturated rings. The fraction of sp³-hybridized carbons (Fsp3) is 0.500. The molecule has 0 saturated heterocycles. The van der Waals surface area contributed by atoms with E-state index < -0.39 is 0 Å². The van der Waals surface area contributed by atoms with Crippen molar-refractivity contribution < 1.29 is 5.11 Å². The third-order valence-electron chi connectivity index (χ3n) is 4.08. The summed E-state index contributed by atoms with van der Waals surface area (Å²) in [5, 5.41) is 11.8. The molecular weight excluding hydrogens is 260 g/mol. The number of nitrogens with zero attached hydrogens (tertiary/aromatic N) is 2. The van der Waals surface area contributed by atoms with Crippen LogP contribution >= 0.6 is 0 Å². The molecule has 3 nitrogen and oxygen atoms in total. The van der Waals surface area contributed by atoms with Crippen LogP contribution in [0.3, 0.4) is 0 Å². The summed E-state index contributed by atoms with van der Waals surface area (Å²) in [5.41, 5.74) is 0.744. The van der Waals surface area contributed by atoms with Crippen molar-refractivity contribution in [2.24, 2.45) is 0 Å². The van der Waals surface area contributed by atoms with Crippen molar-refractivity contribution in [2.75, 3.05) is 11.4 Å². The first-order valence-electron chi connectivity index (χ1n) is 7.97. The van der Waals surface area contributed by atoms with Gasteiger partial charge in [-0.3, -0.25) is 0 Å². The molecule has 21 heavy (non-hydrogen) atoms. The summed E-state index contributed by atoms with van der Waals surface area (Å²) in [6, 6.07) is 10.7. The number of aromatic nitrogens is 1. The number of pyridine rings is 1. The molecule has 114 valence electrons. The minimum Gasteiger partial charge on any atom is -0.390 e. The van der Waals surface area contributed by atoms with E-state index >= 15 is 0 Å². The molecule has 0 bridgehead atoms. The van der Waals surface area contributed by atoms with E-state index in [4.69, 9.17) is 4.98 Å². The van der Waals surface area contributed by atoms with Gasteiger partial charge in [-0.25, -0.2) is 4.98 Å². The molecule has 1 aromatic heterocycles. The van der Waals surface area contributed by atoms with Crippen LogP contribution in [0.1, 0.15) is 45.7 Å². The van der Waals surface area contributed by atoms with Crippen LogP contribution in [0.5, 0.6) is 0 Å². The van der Waals surface area contributed by atoms with Crippen molar-refractivity contribution in [3.8, 4) is 0 Å². The van der Waals surface area contributed by atoms with E-state index in [0.29, 0.717) is 6.04 Å². The van der Waals surface area contributed by atoms with E-state index in [1.165, 1.54) is 11.8 Å². The molecule has 1 unspecified atom stereocenters. The first kappa shape index (κ1) is 15.8. The molecule has 1 atom stereocenters.